The zero-order valence-corrected chi connectivity index (χ0v) is 12.6. The summed E-state index contributed by atoms with van der Waals surface area (Å²) in [7, 11) is 0. The number of hydrazine groups is 1. The Morgan fingerprint density at radius 1 is 1.00 bits per heavy atom. The molecule has 0 aliphatic carbocycles. The van der Waals surface area contributed by atoms with Crippen molar-refractivity contribution in [1.82, 2.24) is 10.4 Å². The summed E-state index contributed by atoms with van der Waals surface area (Å²) in [4.78, 5) is 11.2. The molecule has 6 nitrogen and oxygen atoms in total. The van der Waals surface area contributed by atoms with E-state index in [4.69, 9.17) is 14.2 Å². The van der Waals surface area contributed by atoms with Crippen LogP contribution in [0.15, 0.2) is 54.6 Å². The van der Waals surface area contributed by atoms with Gasteiger partial charge in [-0.2, -0.15) is 0 Å². The number of hydrogen-bond acceptors (Lipinski definition) is 5. The first-order valence-electron chi connectivity index (χ1n) is 7.45. The van der Waals surface area contributed by atoms with Crippen molar-refractivity contribution in [2.24, 2.45) is 0 Å². The highest BCUT2D eigenvalue weighted by Gasteiger charge is 2.20. The van der Waals surface area contributed by atoms with E-state index in [1.807, 2.05) is 54.6 Å². The molecule has 3 rings (SSSR count). The summed E-state index contributed by atoms with van der Waals surface area (Å²) in [5, 5.41) is 1.44. The average molecular weight is 314 g/mol. The van der Waals surface area contributed by atoms with Crippen LogP contribution in [0.5, 0.6) is 17.2 Å². The second-order valence-electron chi connectivity index (χ2n) is 4.91. The van der Waals surface area contributed by atoms with Crippen LogP contribution in [0.1, 0.15) is 0 Å². The van der Waals surface area contributed by atoms with E-state index in [1.54, 1.807) is 0 Å². The maximum atomic E-state index is 11.2. The molecular formula is C17H18N2O4. The lowest BCUT2D eigenvalue weighted by atomic mass is 10.3. The molecular weight excluding hydrogens is 296 g/mol. The van der Waals surface area contributed by atoms with E-state index in [0.717, 1.165) is 17.2 Å². The monoisotopic (exact) mass is 314 g/mol. The third-order valence-corrected chi connectivity index (χ3v) is 3.24. The summed E-state index contributed by atoms with van der Waals surface area (Å²) in [6.45, 7) is 1.96. The van der Waals surface area contributed by atoms with Crippen LogP contribution in [-0.2, 0) is 4.74 Å². The normalized spacial score (nSPS) is 13.7. The van der Waals surface area contributed by atoms with Crippen LogP contribution in [0.3, 0.4) is 0 Å². The Labute approximate surface area is 134 Å². The van der Waals surface area contributed by atoms with Crippen molar-refractivity contribution in [1.29, 1.82) is 0 Å². The topological polar surface area (TPSA) is 60.0 Å². The van der Waals surface area contributed by atoms with Gasteiger partial charge in [-0.3, -0.25) is 0 Å². The Morgan fingerprint density at radius 2 is 1.70 bits per heavy atom. The van der Waals surface area contributed by atoms with E-state index >= 15 is 0 Å². The maximum absolute atomic E-state index is 11.2. The smallest absolute Gasteiger partial charge is 0.424 e. The molecule has 1 aliphatic heterocycles. The van der Waals surface area contributed by atoms with Gasteiger partial charge in [0, 0.05) is 6.54 Å². The lowest BCUT2D eigenvalue weighted by Gasteiger charge is -2.14. The number of amides is 1. The van der Waals surface area contributed by atoms with E-state index in [-0.39, 0.29) is 6.09 Å². The molecule has 1 N–H and O–H groups in total. The highest BCUT2D eigenvalue weighted by molar-refractivity contribution is 5.68. The molecule has 6 heteroatoms. The third kappa shape index (κ3) is 4.37. The van der Waals surface area contributed by atoms with Crippen molar-refractivity contribution < 1.29 is 19.0 Å². The first kappa shape index (κ1) is 15.2. The summed E-state index contributed by atoms with van der Waals surface area (Å²) in [6.07, 6.45) is -0.340. The van der Waals surface area contributed by atoms with Gasteiger partial charge in [-0.25, -0.2) is 15.2 Å². The third-order valence-electron chi connectivity index (χ3n) is 3.24. The van der Waals surface area contributed by atoms with Gasteiger partial charge in [0.15, 0.2) is 0 Å². The summed E-state index contributed by atoms with van der Waals surface area (Å²) >= 11 is 0. The van der Waals surface area contributed by atoms with Crippen LogP contribution in [-0.4, -0.2) is 37.4 Å². The quantitative estimate of drug-likeness (QED) is 0.796. The molecule has 0 atom stereocenters. The molecule has 1 amide bonds. The Balaban J connectivity index is 1.41. The van der Waals surface area contributed by atoms with Gasteiger partial charge in [0.25, 0.3) is 0 Å². The summed E-state index contributed by atoms with van der Waals surface area (Å²) in [5.74, 6) is 2.29. The van der Waals surface area contributed by atoms with E-state index in [2.05, 4.69) is 5.43 Å². The molecule has 1 heterocycles. The van der Waals surface area contributed by atoms with Gasteiger partial charge >= 0.3 is 6.09 Å². The van der Waals surface area contributed by atoms with E-state index in [9.17, 15) is 4.79 Å². The highest BCUT2D eigenvalue weighted by atomic mass is 16.6. The molecule has 0 spiro atoms. The number of ether oxygens (including phenoxy) is 3. The molecule has 1 fully saturated rings. The lowest BCUT2D eigenvalue weighted by Crippen LogP contribution is -2.40. The molecule has 1 aliphatic rings. The number of nitrogens with zero attached hydrogens (tertiary/aromatic N) is 1. The van der Waals surface area contributed by atoms with Gasteiger partial charge in [0.2, 0.25) is 0 Å². The van der Waals surface area contributed by atoms with Crippen molar-refractivity contribution in [2.75, 3.05) is 26.3 Å². The van der Waals surface area contributed by atoms with Crippen LogP contribution in [0.25, 0.3) is 0 Å². The Bertz CT molecular complexity index is 631. The number of rotatable bonds is 7. The fraction of sp³-hybridized carbons (Fsp3) is 0.235. The molecule has 0 bridgehead atoms. The highest BCUT2D eigenvalue weighted by Crippen LogP contribution is 2.23. The van der Waals surface area contributed by atoms with Crippen molar-refractivity contribution in [2.45, 2.75) is 0 Å². The molecule has 0 aromatic heterocycles. The van der Waals surface area contributed by atoms with E-state index < -0.39 is 0 Å². The molecule has 0 radical (unpaired) electrons. The van der Waals surface area contributed by atoms with Crippen LogP contribution < -0.4 is 14.9 Å². The zero-order valence-electron chi connectivity index (χ0n) is 12.6. The second-order valence-corrected chi connectivity index (χ2v) is 4.91. The summed E-state index contributed by atoms with van der Waals surface area (Å²) < 4.78 is 16.1. The van der Waals surface area contributed by atoms with Crippen molar-refractivity contribution in [3.05, 3.63) is 54.6 Å². The number of hydrogen-bond donors (Lipinski definition) is 1. The minimum absolute atomic E-state index is 0.340. The van der Waals surface area contributed by atoms with Gasteiger partial charge in [0.1, 0.15) is 30.5 Å². The predicted molar refractivity (Wildman–Crippen MR) is 84.5 cm³/mol. The molecule has 2 aromatic rings. The summed E-state index contributed by atoms with van der Waals surface area (Å²) in [5.41, 5.74) is 2.95. The van der Waals surface area contributed by atoms with Crippen LogP contribution in [0.2, 0.25) is 0 Å². The zero-order chi connectivity index (χ0) is 15.9. The van der Waals surface area contributed by atoms with Crippen LogP contribution >= 0.6 is 0 Å². The average Bonchev–Trinajstić information content (AvgIpc) is 2.99. The Morgan fingerprint density at radius 3 is 2.39 bits per heavy atom. The SMILES string of the molecule is O=C1OCCN1NCCOc1ccc(Oc2ccccc2)cc1. The molecule has 120 valence electrons. The second kappa shape index (κ2) is 7.51. The Kier molecular flexibility index (Phi) is 4.95. The minimum Gasteiger partial charge on any atom is -0.492 e. The molecule has 1 saturated heterocycles. The summed E-state index contributed by atoms with van der Waals surface area (Å²) in [6, 6.07) is 17.0. The van der Waals surface area contributed by atoms with Crippen LogP contribution in [0, 0.1) is 0 Å². The number of carbonyl (C=O) groups is 1. The van der Waals surface area contributed by atoms with Gasteiger partial charge < -0.3 is 14.2 Å². The van der Waals surface area contributed by atoms with Gasteiger partial charge in [0.05, 0.1) is 6.54 Å². The number of para-hydroxylation sites is 1. The molecule has 23 heavy (non-hydrogen) atoms. The van der Waals surface area contributed by atoms with Gasteiger partial charge in [-0.15, -0.1) is 0 Å². The van der Waals surface area contributed by atoms with Gasteiger partial charge in [-0.05, 0) is 36.4 Å². The standard InChI is InChI=1S/C17H18N2O4/c20-17-19(11-13-22-17)18-10-12-21-14-6-8-16(9-7-14)23-15-4-2-1-3-5-15/h1-9,18H,10-13H2. The van der Waals surface area contributed by atoms with Gasteiger partial charge in [-0.1, -0.05) is 18.2 Å². The predicted octanol–water partition coefficient (Wildman–Crippen LogP) is 2.81. The number of carbonyl (C=O) groups excluding carboxylic acids is 1. The van der Waals surface area contributed by atoms with Crippen molar-refractivity contribution in [3.8, 4) is 17.2 Å². The van der Waals surface area contributed by atoms with Crippen molar-refractivity contribution >= 4 is 6.09 Å². The molecule has 0 saturated carbocycles. The fourth-order valence-electron chi connectivity index (χ4n) is 2.12. The first-order chi connectivity index (χ1) is 11.3. The lowest BCUT2D eigenvalue weighted by molar-refractivity contribution is 0.142. The van der Waals surface area contributed by atoms with E-state index in [1.165, 1.54) is 5.01 Å². The maximum Gasteiger partial charge on any atom is 0.424 e. The molecule has 0 unspecified atom stereocenters. The number of cyclic esters (lactones) is 1. The Hall–Kier alpha value is -2.73. The largest absolute Gasteiger partial charge is 0.492 e. The van der Waals surface area contributed by atoms with Crippen LogP contribution in [0.4, 0.5) is 4.79 Å². The fourth-order valence-corrected chi connectivity index (χ4v) is 2.12. The number of nitrogens with one attached hydrogen (secondary N) is 1. The first-order valence-corrected chi connectivity index (χ1v) is 7.45. The minimum atomic E-state index is -0.340. The molecule has 2 aromatic carbocycles. The number of benzene rings is 2. The van der Waals surface area contributed by atoms with E-state index in [0.29, 0.717) is 26.3 Å². The van der Waals surface area contributed by atoms with Crippen molar-refractivity contribution in [3.63, 3.8) is 0 Å².